The highest BCUT2D eigenvalue weighted by Crippen LogP contribution is 2.16. The lowest BCUT2D eigenvalue weighted by Crippen LogP contribution is -2.11. The number of unbranched alkanes of at least 4 members (excludes halogenated alkanes) is 28. The molecule has 0 aromatic rings. The van der Waals surface area contributed by atoms with Gasteiger partial charge in [-0.2, -0.15) is 8.42 Å². The molecule has 0 aromatic heterocycles. The van der Waals surface area contributed by atoms with Crippen LogP contribution in [0.1, 0.15) is 200 Å². The van der Waals surface area contributed by atoms with E-state index in [4.69, 9.17) is 4.55 Å². The minimum absolute atomic E-state index is 0.0409. The van der Waals surface area contributed by atoms with Gasteiger partial charge in [0.25, 0.3) is 0 Å². The lowest BCUT2D eigenvalue weighted by Gasteiger charge is -2.04. The molecule has 5 nitrogen and oxygen atoms in total. The highest BCUT2D eigenvalue weighted by molar-refractivity contribution is 7.81. The van der Waals surface area contributed by atoms with Gasteiger partial charge in [0.2, 0.25) is 0 Å². The van der Waals surface area contributed by atoms with E-state index in [0.29, 0.717) is 6.42 Å². The molecular weight excluding hydrogens is 496 g/mol. The summed E-state index contributed by atoms with van der Waals surface area (Å²) in [6, 6.07) is 0. The van der Waals surface area contributed by atoms with Gasteiger partial charge in [-0.3, -0.25) is 9.35 Å². The molecule has 0 fully saturated rings. The standard InChI is InChI=1S/C32H64O5S/c1-2-3-4-5-6-7-8-9-10-11-12-13-14-15-16-17-18-19-20-21-22-23-24-25-26-27-28-29-30-31-32(33)37-38(34,35)36/h2-31H2,1H3,(H,34,35,36). The molecule has 6 heteroatoms. The lowest BCUT2D eigenvalue weighted by atomic mass is 10.0. The quantitative estimate of drug-likeness (QED) is 0.0673. The van der Waals surface area contributed by atoms with Gasteiger partial charge in [0.1, 0.15) is 0 Å². The number of rotatable bonds is 31. The molecule has 0 saturated carbocycles. The molecule has 0 aliphatic rings. The van der Waals surface area contributed by atoms with E-state index in [9.17, 15) is 13.2 Å². The molecule has 0 bridgehead atoms. The fourth-order valence-corrected chi connectivity index (χ4v) is 5.59. The summed E-state index contributed by atoms with van der Waals surface area (Å²) < 4.78 is 33.1. The van der Waals surface area contributed by atoms with Crippen LogP contribution in [0.15, 0.2) is 0 Å². The van der Waals surface area contributed by atoms with Crippen molar-refractivity contribution in [1.82, 2.24) is 0 Å². The summed E-state index contributed by atoms with van der Waals surface area (Å²) >= 11 is 0. The number of carbonyl (C=O) groups is 1. The molecule has 0 aliphatic heterocycles. The molecule has 0 rings (SSSR count). The van der Waals surface area contributed by atoms with Crippen LogP contribution >= 0.6 is 0 Å². The zero-order chi connectivity index (χ0) is 28.0. The Balaban J connectivity index is 3.10. The van der Waals surface area contributed by atoms with Crippen LogP contribution in [0.2, 0.25) is 0 Å². The summed E-state index contributed by atoms with van der Waals surface area (Å²) in [5, 5.41) is 0. The first-order valence-electron chi connectivity index (χ1n) is 16.7. The third-order valence-corrected chi connectivity index (χ3v) is 8.08. The van der Waals surface area contributed by atoms with E-state index < -0.39 is 16.4 Å². The van der Waals surface area contributed by atoms with E-state index in [1.807, 2.05) is 0 Å². The fraction of sp³-hybridized carbons (Fsp3) is 0.969. The minimum Gasteiger partial charge on any atom is -0.325 e. The Morgan fingerprint density at radius 3 is 0.868 bits per heavy atom. The first kappa shape index (κ1) is 37.4. The Labute approximate surface area is 237 Å². The summed E-state index contributed by atoms with van der Waals surface area (Å²) in [5.74, 6) is -0.877. The van der Waals surface area contributed by atoms with E-state index in [2.05, 4.69) is 11.1 Å². The van der Waals surface area contributed by atoms with Crippen molar-refractivity contribution in [3.05, 3.63) is 0 Å². The van der Waals surface area contributed by atoms with E-state index in [-0.39, 0.29) is 6.42 Å². The van der Waals surface area contributed by atoms with E-state index in [0.717, 1.165) is 19.3 Å². The molecule has 38 heavy (non-hydrogen) atoms. The second-order valence-electron chi connectivity index (χ2n) is 11.5. The molecule has 0 unspecified atom stereocenters. The molecule has 0 atom stereocenters. The van der Waals surface area contributed by atoms with E-state index in [1.165, 1.54) is 161 Å². The monoisotopic (exact) mass is 560 g/mol. The van der Waals surface area contributed by atoms with Gasteiger partial charge in [0, 0.05) is 6.42 Å². The molecule has 0 amide bonds. The first-order chi connectivity index (χ1) is 18.5. The van der Waals surface area contributed by atoms with Crippen LogP contribution in [0.25, 0.3) is 0 Å². The molecule has 228 valence electrons. The molecule has 1 N–H and O–H groups in total. The summed E-state index contributed by atoms with van der Waals surface area (Å²) in [4.78, 5) is 11.1. The highest BCUT2D eigenvalue weighted by atomic mass is 32.3. The maximum Gasteiger partial charge on any atom is 0.448 e. The van der Waals surface area contributed by atoms with Crippen LogP contribution < -0.4 is 0 Å². The third kappa shape index (κ3) is 33.4. The highest BCUT2D eigenvalue weighted by Gasteiger charge is 2.12. The van der Waals surface area contributed by atoms with Crippen molar-refractivity contribution in [2.45, 2.75) is 200 Å². The zero-order valence-corrected chi connectivity index (χ0v) is 26.0. The normalized spacial score (nSPS) is 11.7. The maximum absolute atomic E-state index is 11.1. The smallest absolute Gasteiger partial charge is 0.325 e. The van der Waals surface area contributed by atoms with Crippen LogP contribution in [0.3, 0.4) is 0 Å². The van der Waals surface area contributed by atoms with Gasteiger partial charge >= 0.3 is 16.4 Å². The maximum atomic E-state index is 11.1. The molecule has 0 saturated heterocycles. The predicted molar refractivity (Wildman–Crippen MR) is 162 cm³/mol. The molecule has 0 heterocycles. The lowest BCUT2D eigenvalue weighted by molar-refractivity contribution is -0.134. The van der Waals surface area contributed by atoms with Gasteiger partial charge in [-0.15, -0.1) is 0 Å². The minimum atomic E-state index is -4.65. The van der Waals surface area contributed by atoms with Gasteiger partial charge in [0.15, 0.2) is 0 Å². The summed E-state index contributed by atoms with van der Waals surface area (Å²) in [5.41, 5.74) is 0. The van der Waals surface area contributed by atoms with Crippen LogP contribution in [0.4, 0.5) is 0 Å². The van der Waals surface area contributed by atoms with Crippen LogP contribution in [0.5, 0.6) is 0 Å². The second kappa shape index (κ2) is 29.4. The van der Waals surface area contributed by atoms with Gasteiger partial charge in [-0.1, -0.05) is 187 Å². The Bertz CT molecular complexity index is 591. The summed E-state index contributed by atoms with van der Waals surface area (Å²) in [7, 11) is -4.65. The summed E-state index contributed by atoms with van der Waals surface area (Å²) in [6.07, 6.45) is 39.0. The van der Waals surface area contributed by atoms with Crippen molar-refractivity contribution in [3.8, 4) is 0 Å². The van der Waals surface area contributed by atoms with E-state index in [1.54, 1.807) is 0 Å². The Morgan fingerprint density at radius 2 is 0.658 bits per heavy atom. The predicted octanol–water partition coefficient (Wildman–Crippen LogP) is 11.1. The average Bonchev–Trinajstić information content (AvgIpc) is 2.86. The second-order valence-corrected chi connectivity index (χ2v) is 12.6. The van der Waals surface area contributed by atoms with Crippen molar-refractivity contribution >= 4 is 16.4 Å². The molecule has 0 aromatic carbocycles. The zero-order valence-electron chi connectivity index (χ0n) is 25.2. The van der Waals surface area contributed by atoms with Crippen molar-refractivity contribution in [2.75, 3.05) is 0 Å². The van der Waals surface area contributed by atoms with E-state index >= 15 is 0 Å². The molecular formula is C32H64O5S. The molecule has 0 aliphatic carbocycles. The first-order valence-corrected chi connectivity index (χ1v) is 18.0. The number of hydrogen-bond donors (Lipinski definition) is 1. The van der Waals surface area contributed by atoms with Crippen molar-refractivity contribution in [2.24, 2.45) is 0 Å². The fourth-order valence-electron chi connectivity index (χ4n) is 5.27. The van der Waals surface area contributed by atoms with Gasteiger partial charge in [-0.25, -0.2) is 0 Å². The topological polar surface area (TPSA) is 80.7 Å². The Kier molecular flexibility index (Phi) is 28.9. The Hall–Kier alpha value is -0.620. The van der Waals surface area contributed by atoms with Crippen molar-refractivity contribution < 1.29 is 21.9 Å². The SMILES string of the molecule is CCCCCCCCCCCCCCCCCCCCCCCCCCCCCCCC(=O)OS(=O)(=O)O. The van der Waals surface area contributed by atoms with Crippen molar-refractivity contribution in [1.29, 1.82) is 0 Å². The van der Waals surface area contributed by atoms with Crippen LogP contribution in [-0.2, 0) is 19.4 Å². The van der Waals surface area contributed by atoms with Crippen LogP contribution in [-0.4, -0.2) is 18.9 Å². The van der Waals surface area contributed by atoms with Gasteiger partial charge in [-0.05, 0) is 6.42 Å². The number of hydrogen-bond acceptors (Lipinski definition) is 4. The number of carbonyl (C=O) groups excluding carboxylic acids is 1. The van der Waals surface area contributed by atoms with Crippen LogP contribution in [0, 0.1) is 0 Å². The summed E-state index contributed by atoms with van der Waals surface area (Å²) in [6.45, 7) is 2.29. The average molecular weight is 561 g/mol. The van der Waals surface area contributed by atoms with Gasteiger partial charge < -0.3 is 4.18 Å². The van der Waals surface area contributed by atoms with Crippen molar-refractivity contribution in [3.63, 3.8) is 0 Å². The largest absolute Gasteiger partial charge is 0.448 e. The van der Waals surface area contributed by atoms with Gasteiger partial charge in [0.05, 0.1) is 0 Å². The third-order valence-electron chi connectivity index (χ3n) is 7.68. The Morgan fingerprint density at radius 1 is 0.447 bits per heavy atom. The molecule has 0 radical (unpaired) electrons. The molecule has 0 spiro atoms.